The molecule has 6 nitrogen and oxygen atoms in total. The molecule has 0 bridgehead atoms. The van der Waals surface area contributed by atoms with Crippen LogP contribution in [0.1, 0.15) is 84.5 Å². The first-order valence-electron chi connectivity index (χ1n) is 12.1. The maximum atomic E-state index is 13.0. The molecule has 4 saturated carbocycles. The molecule has 0 radical (unpaired) electrons. The third-order valence-electron chi connectivity index (χ3n) is 9.79. The van der Waals surface area contributed by atoms with Crippen molar-refractivity contribution in [3.05, 3.63) is 0 Å². The molecule has 7 atom stereocenters. The van der Waals surface area contributed by atoms with Crippen molar-refractivity contribution < 1.29 is 29.0 Å². The van der Waals surface area contributed by atoms with Crippen LogP contribution in [0.3, 0.4) is 0 Å². The van der Waals surface area contributed by atoms with E-state index in [1.165, 1.54) is 6.42 Å². The van der Waals surface area contributed by atoms with Gasteiger partial charge in [-0.3, -0.25) is 19.2 Å². The Labute approximate surface area is 184 Å². The molecule has 31 heavy (non-hydrogen) atoms. The molecule has 3 unspecified atom stereocenters. The molecule has 0 heterocycles. The van der Waals surface area contributed by atoms with Gasteiger partial charge in [0.1, 0.15) is 12.4 Å². The highest BCUT2D eigenvalue weighted by atomic mass is 16.5. The Kier molecular flexibility index (Phi) is 6.04. The van der Waals surface area contributed by atoms with Gasteiger partial charge in [0, 0.05) is 18.8 Å². The van der Waals surface area contributed by atoms with Gasteiger partial charge in [0.05, 0.1) is 12.8 Å². The molecular weight excluding hydrogens is 396 g/mol. The topological polar surface area (TPSA) is 97.7 Å². The highest BCUT2D eigenvalue weighted by molar-refractivity contribution is 5.86. The van der Waals surface area contributed by atoms with E-state index >= 15 is 0 Å². The second kappa shape index (κ2) is 8.32. The van der Waals surface area contributed by atoms with Crippen molar-refractivity contribution in [2.45, 2.75) is 84.5 Å². The molecule has 0 aromatic carbocycles. The van der Waals surface area contributed by atoms with Crippen molar-refractivity contribution in [3.63, 3.8) is 0 Å². The van der Waals surface area contributed by atoms with Gasteiger partial charge in [0.15, 0.2) is 5.78 Å². The standard InChI is InChI=1S/C25H36O6/c1-24-11-9-16(26)13-15(24)3-4-17-18-5-6-20(25(18,2)12-10-19(17)24)21(27)14-31-23(30)8-7-22(28)29/h15,17-20H,3-14H2,1-2H3,(H,28,29)/t15-,17?,18?,19?,20-,24+,25+/m1/s1. The van der Waals surface area contributed by atoms with Crippen LogP contribution in [0.4, 0.5) is 0 Å². The van der Waals surface area contributed by atoms with Gasteiger partial charge in [-0.15, -0.1) is 0 Å². The number of carboxylic acids is 1. The number of esters is 1. The predicted octanol–water partition coefficient (Wildman–Crippen LogP) is 4.19. The minimum Gasteiger partial charge on any atom is -0.481 e. The summed E-state index contributed by atoms with van der Waals surface area (Å²) in [6.07, 6.45) is 8.41. The molecule has 0 aromatic heterocycles. The smallest absolute Gasteiger partial charge is 0.306 e. The number of Topliss-reactive ketones (excluding diaryl/α,β-unsaturated/α-hetero) is 2. The summed E-state index contributed by atoms with van der Waals surface area (Å²) in [5, 5.41) is 8.68. The van der Waals surface area contributed by atoms with E-state index in [2.05, 4.69) is 13.8 Å². The summed E-state index contributed by atoms with van der Waals surface area (Å²) in [5.41, 5.74) is 0.222. The van der Waals surface area contributed by atoms with E-state index in [4.69, 9.17) is 9.84 Å². The number of carbonyl (C=O) groups excluding carboxylic acids is 3. The lowest BCUT2D eigenvalue weighted by molar-refractivity contribution is -0.154. The van der Waals surface area contributed by atoms with E-state index in [1.807, 2.05) is 0 Å². The Morgan fingerprint density at radius 1 is 0.968 bits per heavy atom. The van der Waals surface area contributed by atoms with E-state index < -0.39 is 11.9 Å². The summed E-state index contributed by atoms with van der Waals surface area (Å²) in [6, 6.07) is 0. The first-order valence-corrected chi connectivity index (χ1v) is 12.1. The molecule has 172 valence electrons. The number of aliphatic carboxylic acids is 1. The maximum Gasteiger partial charge on any atom is 0.306 e. The van der Waals surface area contributed by atoms with Gasteiger partial charge in [-0.05, 0) is 79.4 Å². The fourth-order valence-electron chi connectivity index (χ4n) is 8.11. The lowest BCUT2D eigenvalue weighted by atomic mass is 9.44. The molecule has 4 aliphatic rings. The van der Waals surface area contributed by atoms with Crippen LogP contribution in [0.25, 0.3) is 0 Å². The summed E-state index contributed by atoms with van der Waals surface area (Å²) >= 11 is 0. The molecule has 0 saturated heterocycles. The zero-order valence-electron chi connectivity index (χ0n) is 18.9. The molecule has 4 fully saturated rings. The Bertz CT molecular complexity index is 774. The number of ketones is 2. The Balaban J connectivity index is 1.41. The summed E-state index contributed by atoms with van der Waals surface area (Å²) in [6.45, 7) is 4.47. The summed E-state index contributed by atoms with van der Waals surface area (Å²) in [5.74, 6) is 1.03. The SMILES string of the molecule is C[C@]12CCC3C(CC[C@@H]4CC(=O)CC[C@]34C)C1CC[C@@H]2C(=O)COC(=O)CCC(=O)O. The van der Waals surface area contributed by atoms with E-state index in [9.17, 15) is 19.2 Å². The molecule has 0 aromatic rings. The van der Waals surface area contributed by atoms with Gasteiger partial charge in [0.2, 0.25) is 0 Å². The fourth-order valence-corrected chi connectivity index (χ4v) is 8.11. The van der Waals surface area contributed by atoms with Gasteiger partial charge < -0.3 is 9.84 Å². The number of fused-ring (bicyclic) bond motifs is 5. The van der Waals surface area contributed by atoms with Gasteiger partial charge in [0.25, 0.3) is 0 Å². The first-order chi connectivity index (χ1) is 14.6. The van der Waals surface area contributed by atoms with Crippen molar-refractivity contribution in [2.24, 2.45) is 40.4 Å². The zero-order valence-corrected chi connectivity index (χ0v) is 18.9. The van der Waals surface area contributed by atoms with Crippen molar-refractivity contribution in [1.29, 1.82) is 0 Å². The number of carbonyl (C=O) groups is 4. The van der Waals surface area contributed by atoms with Gasteiger partial charge in [-0.25, -0.2) is 0 Å². The Hall–Kier alpha value is -1.72. The van der Waals surface area contributed by atoms with E-state index in [0.29, 0.717) is 29.5 Å². The van der Waals surface area contributed by atoms with Crippen molar-refractivity contribution >= 4 is 23.5 Å². The summed E-state index contributed by atoms with van der Waals surface area (Å²) in [4.78, 5) is 47.4. The predicted molar refractivity (Wildman–Crippen MR) is 113 cm³/mol. The molecule has 4 rings (SSSR count). The number of hydrogen-bond donors (Lipinski definition) is 1. The number of carboxylic acid groups (broad SMARTS) is 1. The van der Waals surface area contributed by atoms with Crippen LogP contribution >= 0.6 is 0 Å². The molecule has 1 N–H and O–H groups in total. The van der Waals surface area contributed by atoms with Gasteiger partial charge in [-0.1, -0.05) is 13.8 Å². The maximum absolute atomic E-state index is 13.0. The summed E-state index contributed by atoms with van der Waals surface area (Å²) in [7, 11) is 0. The van der Waals surface area contributed by atoms with Crippen molar-refractivity contribution in [3.8, 4) is 0 Å². The first kappa shape index (κ1) is 22.5. The second-order valence-corrected chi connectivity index (χ2v) is 11.1. The summed E-state index contributed by atoms with van der Waals surface area (Å²) < 4.78 is 5.11. The molecule has 0 aliphatic heterocycles. The van der Waals surface area contributed by atoms with E-state index in [0.717, 1.165) is 51.4 Å². The monoisotopic (exact) mass is 432 g/mol. The van der Waals surface area contributed by atoms with E-state index in [-0.39, 0.29) is 42.0 Å². The number of rotatable bonds is 6. The minimum absolute atomic E-state index is 0.00437. The van der Waals surface area contributed by atoms with Gasteiger partial charge >= 0.3 is 11.9 Å². The fraction of sp³-hybridized carbons (Fsp3) is 0.840. The third kappa shape index (κ3) is 3.95. The van der Waals surface area contributed by atoms with Crippen LogP contribution in [-0.2, 0) is 23.9 Å². The average Bonchev–Trinajstić information content (AvgIpc) is 3.08. The molecule has 0 amide bonds. The molecule has 4 aliphatic carbocycles. The molecular formula is C25H36O6. The van der Waals surface area contributed by atoms with Crippen LogP contribution in [0.2, 0.25) is 0 Å². The minimum atomic E-state index is -1.04. The quantitative estimate of drug-likeness (QED) is 0.632. The van der Waals surface area contributed by atoms with Crippen LogP contribution in [0.5, 0.6) is 0 Å². The van der Waals surface area contributed by atoms with Crippen LogP contribution in [0, 0.1) is 40.4 Å². The van der Waals surface area contributed by atoms with Crippen molar-refractivity contribution in [2.75, 3.05) is 6.61 Å². The number of hydrogen-bond acceptors (Lipinski definition) is 5. The Morgan fingerprint density at radius 3 is 2.45 bits per heavy atom. The number of ether oxygens (including phenoxy) is 1. The largest absolute Gasteiger partial charge is 0.481 e. The molecule has 0 spiro atoms. The van der Waals surface area contributed by atoms with Gasteiger partial charge in [-0.2, -0.15) is 0 Å². The van der Waals surface area contributed by atoms with Crippen LogP contribution in [0.15, 0.2) is 0 Å². The lowest BCUT2D eigenvalue weighted by Gasteiger charge is -2.60. The average molecular weight is 433 g/mol. The normalized spacial score (nSPS) is 41.6. The Morgan fingerprint density at radius 2 is 1.71 bits per heavy atom. The molecule has 6 heteroatoms. The highest BCUT2D eigenvalue weighted by Gasteiger charge is 2.61. The van der Waals surface area contributed by atoms with Crippen LogP contribution < -0.4 is 0 Å². The third-order valence-corrected chi connectivity index (χ3v) is 9.79. The lowest BCUT2D eigenvalue weighted by Crippen LogP contribution is -2.54. The highest BCUT2D eigenvalue weighted by Crippen LogP contribution is 2.67. The van der Waals surface area contributed by atoms with Crippen LogP contribution in [-0.4, -0.2) is 35.2 Å². The zero-order chi connectivity index (χ0) is 22.4. The second-order valence-electron chi connectivity index (χ2n) is 11.1. The van der Waals surface area contributed by atoms with Crippen molar-refractivity contribution in [1.82, 2.24) is 0 Å². The van der Waals surface area contributed by atoms with E-state index in [1.54, 1.807) is 0 Å².